The predicted octanol–water partition coefficient (Wildman–Crippen LogP) is 4.27. The maximum Gasteiger partial charge on any atom is 0.224 e. The molecule has 0 atom stereocenters. The Morgan fingerprint density at radius 2 is 2.10 bits per heavy atom. The summed E-state index contributed by atoms with van der Waals surface area (Å²) in [6.07, 6.45) is 2.33. The van der Waals surface area contributed by atoms with Crippen molar-refractivity contribution in [1.82, 2.24) is 9.97 Å². The van der Waals surface area contributed by atoms with Crippen LogP contribution in [-0.4, -0.2) is 16.5 Å². The zero-order valence-corrected chi connectivity index (χ0v) is 13.8. The third-order valence-corrected chi connectivity index (χ3v) is 3.94. The van der Waals surface area contributed by atoms with Gasteiger partial charge in [0.1, 0.15) is 11.6 Å². The lowest BCUT2D eigenvalue weighted by molar-refractivity contribution is 0.631. The Morgan fingerprint density at radius 1 is 1.29 bits per heavy atom. The van der Waals surface area contributed by atoms with E-state index in [1.54, 1.807) is 6.07 Å². The Kier molecular flexibility index (Phi) is 4.23. The second-order valence-corrected chi connectivity index (χ2v) is 6.30. The summed E-state index contributed by atoms with van der Waals surface area (Å²) in [7, 11) is 0. The van der Waals surface area contributed by atoms with Gasteiger partial charge < -0.3 is 10.6 Å². The topological polar surface area (TPSA) is 49.8 Å². The van der Waals surface area contributed by atoms with Gasteiger partial charge in [-0.2, -0.15) is 4.98 Å². The molecule has 0 bridgehead atoms. The minimum Gasteiger partial charge on any atom is -0.354 e. The van der Waals surface area contributed by atoms with Crippen LogP contribution in [0.2, 0.25) is 0 Å². The van der Waals surface area contributed by atoms with Gasteiger partial charge in [0, 0.05) is 22.1 Å². The molecule has 1 aromatic heterocycles. The van der Waals surface area contributed by atoms with Crippen LogP contribution >= 0.6 is 22.6 Å². The van der Waals surface area contributed by atoms with E-state index >= 15 is 0 Å². The molecule has 1 saturated carbocycles. The van der Waals surface area contributed by atoms with Crippen LogP contribution < -0.4 is 10.6 Å². The van der Waals surface area contributed by atoms with E-state index in [2.05, 4.69) is 43.2 Å². The highest BCUT2D eigenvalue weighted by Gasteiger charge is 2.26. The monoisotopic (exact) mass is 398 g/mol. The van der Waals surface area contributed by atoms with Crippen LogP contribution in [0.25, 0.3) is 0 Å². The summed E-state index contributed by atoms with van der Waals surface area (Å²) in [5, 5.41) is 6.18. The molecule has 1 aromatic carbocycles. The molecule has 0 spiro atoms. The van der Waals surface area contributed by atoms with E-state index in [1.807, 2.05) is 19.1 Å². The fourth-order valence-corrected chi connectivity index (χ4v) is 2.54. The van der Waals surface area contributed by atoms with E-state index in [0.29, 0.717) is 23.4 Å². The van der Waals surface area contributed by atoms with E-state index in [0.717, 1.165) is 15.8 Å². The summed E-state index contributed by atoms with van der Waals surface area (Å²) in [6, 6.07) is 7.00. The number of halogens is 2. The molecule has 1 fully saturated rings. The van der Waals surface area contributed by atoms with Crippen LogP contribution in [0.15, 0.2) is 24.3 Å². The lowest BCUT2D eigenvalue weighted by Gasteiger charge is -2.11. The molecule has 1 aliphatic carbocycles. The molecule has 0 aliphatic heterocycles. The molecule has 1 heterocycles. The first-order valence-corrected chi connectivity index (χ1v) is 8.08. The summed E-state index contributed by atoms with van der Waals surface area (Å²) >= 11 is 2.09. The van der Waals surface area contributed by atoms with Crippen molar-refractivity contribution in [2.45, 2.75) is 25.7 Å². The van der Waals surface area contributed by atoms with Gasteiger partial charge in [-0.05, 0) is 60.6 Å². The molecular weight excluding hydrogens is 382 g/mol. The molecule has 110 valence electrons. The smallest absolute Gasteiger partial charge is 0.224 e. The minimum absolute atomic E-state index is 0.279. The number of anilines is 3. The van der Waals surface area contributed by atoms with Gasteiger partial charge in [0.05, 0.1) is 11.4 Å². The molecule has 1 aliphatic rings. The molecule has 0 unspecified atom stereocenters. The van der Waals surface area contributed by atoms with Crippen molar-refractivity contribution in [3.63, 3.8) is 0 Å². The Balaban J connectivity index is 1.89. The lowest BCUT2D eigenvalue weighted by Crippen LogP contribution is -2.06. The number of hydrogen-bond acceptors (Lipinski definition) is 4. The molecule has 0 saturated heterocycles. The van der Waals surface area contributed by atoms with Gasteiger partial charge in [0.25, 0.3) is 0 Å². The van der Waals surface area contributed by atoms with Crippen molar-refractivity contribution in [1.29, 1.82) is 0 Å². The summed E-state index contributed by atoms with van der Waals surface area (Å²) in [6.45, 7) is 2.75. The average molecular weight is 398 g/mol. The number of nitrogens with zero attached hydrogens (tertiary/aromatic N) is 2. The summed E-state index contributed by atoms with van der Waals surface area (Å²) in [5.41, 5.74) is 1.45. The van der Waals surface area contributed by atoms with Crippen LogP contribution in [0.1, 0.15) is 31.4 Å². The van der Waals surface area contributed by atoms with Crippen molar-refractivity contribution in [3.8, 4) is 0 Å². The van der Waals surface area contributed by atoms with Crippen LogP contribution in [0, 0.1) is 9.39 Å². The molecule has 4 nitrogen and oxygen atoms in total. The largest absolute Gasteiger partial charge is 0.354 e. The maximum absolute atomic E-state index is 13.9. The Bertz CT molecular complexity index is 658. The molecule has 0 amide bonds. The molecule has 6 heteroatoms. The summed E-state index contributed by atoms with van der Waals surface area (Å²) < 4.78 is 14.8. The van der Waals surface area contributed by atoms with Gasteiger partial charge in [-0.1, -0.05) is 0 Å². The van der Waals surface area contributed by atoms with Crippen molar-refractivity contribution in [3.05, 3.63) is 39.3 Å². The highest BCUT2D eigenvalue weighted by molar-refractivity contribution is 14.1. The molecule has 0 radical (unpaired) electrons. The zero-order chi connectivity index (χ0) is 14.8. The van der Waals surface area contributed by atoms with Gasteiger partial charge in [-0.3, -0.25) is 0 Å². The zero-order valence-electron chi connectivity index (χ0n) is 11.7. The van der Waals surface area contributed by atoms with E-state index in [9.17, 15) is 4.39 Å². The molecule has 21 heavy (non-hydrogen) atoms. The Morgan fingerprint density at radius 3 is 2.76 bits per heavy atom. The maximum atomic E-state index is 13.9. The van der Waals surface area contributed by atoms with Gasteiger partial charge in [-0.15, -0.1) is 0 Å². The first-order chi connectivity index (χ1) is 10.2. The highest BCUT2D eigenvalue weighted by Crippen LogP contribution is 2.40. The molecule has 2 aromatic rings. The van der Waals surface area contributed by atoms with E-state index < -0.39 is 0 Å². The Labute approximate surface area is 136 Å². The fourth-order valence-electron chi connectivity index (χ4n) is 2.08. The first-order valence-electron chi connectivity index (χ1n) is 7.00. The van der Waals surface area contributed by atoms with Crippen LogP contribution in [0.4, 0.5) is 21.8 Å². The van der Waals surface area contributed by atoms with Crippen molar-refractivity contribution < 1.29 is 4.39 Å². The van der Waals surface area contributed by atoms with Crippen molar-refractivity contribution in [2.24, 2.45) is 0 Å². The van der Waals surface area contributed by atoms with Gasteiger partial charge >= 0.3 is 0 Å². The average Bonchev–Trinajstić information content (AvgIpc) is 3.27. The molecule has 2 N–H and O–H groups in total. The first kappa shape index (κ1) is 14.5. The lowest BCUT2D eigenvalue weighted by atomic mass is 10.2. The normalized spacial score (nSPS) is 14.0. The summed E-state index contributed by atoms with van der Waals surface area (Å²) in [5.74, 6) is 1.46. The predicted molar refractivity (Wildman–Crippen MR) is 90.6 cm³/mol. The van der Waals surface area contributed by atoms with Crippen LogP contribution in [-0.2, 0) is 0 Å². The van der Waals surface area contributed by atoms with Crippen molar-refractivity contribution in [2.75, 3.05) is 17.2 Å². The van der Waals surface area contributed by atoms with E-state index in [1.165, 1.54) is 18.9 Å². The fraction of sp³-hybridized carbons (Fsp3) is 0.333. The number of benzene rings is 1. The van der Waals surface area contributed by atoms with Gasteiger partial charge in [-0.25, -0.2) is 9.37 Å². The third-order valence-electron chi connectivity index (χ3n) is 3.27. The number of hydrogen-bond donors (Lipinski definition) is 2. The van der Waals surface area contributed by atoms with E-state index in [4.69, 9.17) is 0 Å². The van der Waals surface area contributed by atoms with Crippen LogP contribution in [0.3, 0.4) is 0 Å². The highest BCUT2D eigenvalue weighted by atomic mass is 127. The van der Waals surface area contributed by atoms with Gasteiger partial charge in [0.2, 0.25) is 5.95 Å². The standard InChI is InChI=1S/C15H16FIN4/c1-2-18-15-20-13(9-3-4-9)8-14(21-15)19-12-6-5-10(17)7-11(12)16/h5-9H,2-4H2,1H3,(H2,18,19,20,21). The van der Waals surface area contributed by atoms with Crippen LogP contribution in [0.5, 0.6) is 0 Å². The molecule has 3 rings (SSSR count). The van der Waals surface area contributed by atoms with E-state index in [-0.39, 0.29) is 5.82 Å². The van der Waals surface area contributed by atoms with Gasteiger partial charge in [0.15, 0.2) is 0 Å². The van der Waals surface area contributed by atoms with Crippen molar-refractivity contribution >= 4 is 40.0 Å². The number of rotatable bonds is 5. The summed E-state index contributed by atoms with van der Waals surface area (Å²) in [4.78, 5) is 8.90. The second kappa shape index (κ2) is 6.13. The third kappa shape index (κ3) is 3.61. The molecular formula is C15H16FIN4. The number of nitrogens with one attached hydrogen (secondary N) is 2. The number of aromatic nitrogens is 2. The quantitative estimate of drug-likeness (QED) is 0.739. The minimum atomic E-state index is -0.279. The second-order valence-electron chi connectivity index (χ2n) is 5.06. The Hall–Kier alpha value is -1.44. The SMILES string of the molecule is CCNc1nc(Nc2ccc(I)cc2F)cc(C2CC2)n1.